The number of anilines is 1. The first-order valence-electron chi connectivity index (χ1n) is 7.58. The van der Waals surface area contributed by atoms with Gasteiger partial charge in [-0.05, 0) is 42.4 Å². The van der Waals surface area contributed by atoms with Crippen molar-refractivity contribution in [3.63, 3.8) is 0 Å². The zero-order valence-corrected chi connectivity index (χ0v) is 14.9. The molecule has 0 saturated carbocycles. The number of aryl methyl sites for hydroxylation is 1. The predicted molar refractivity (Wildman–Crippen MR) is 98.1 cm³/mol. The van der Waals surface area contributed by atoms with Crippen LogP contribution in [0.1, 0.15) is 41.3 Å². The molecule has 0 saturated heterocycles. The fourth-order valence-electron chi connectivity index (χ4n) is 2.50. The van der Waals surface area contributed by atoms with E-state index in [1.165, 1.54) is 17.8 Å². The lowest BCUT2D eigenvalue weighted by molar-refractivity contribution is -0.387. The minimum absolute atomic E-state index is 0.0518. The zero-order chi connectivity index (χ0) is 17.9. The van der Waals surface area contributed by atoms with Gasteiger partial charge in [-0.3, -0.25) is 14.9 Å². The molecular formula is C18H20N2O3S. The van der Waals surface area contributed by atoms with Crippen LogP contribution in [-0.4, -0.2) is 17.1 Å². The lowest BCUT2D eigenvalue weighted by atomic mass is 9.98. The van der Waals surface area contributed by atoms with Crippen LogP contribution in [-0.2, 0) is 0 Å². The van der Waals surface area contributed by atoms with Gasteiger partial charge in [0.15, 0.2) is 0 Å². The molecule has 1 amide bonds. The number of nitrogens with one attached hydrogen (secondary N) is 1. The summed E-state index contributed by atoms with van der Waals surface area (Å²) < 4.78 is 0. The van der Waals surface area contributed by atoms with E-state index in [4.69, 9.17) is 0 Å². The highest BCUT2D eigenvalue weighted by atomic mass is 32.2. The summed E-state index contributed by atoms with van der Waals surface area (Å²) in [6.45, 7) is 6.05. The third-order valence-electron chi connectivity index (χ3n) is 3.80. The third-order valence-corrected chi connectivity index (χ3v) is 4.59. The zero-order valence-electron chi connectivity index (χ0n) is 14.1. The summed E-state index contributed by atoms with van der Waals surface area (Å²) in [6, 6.07) is 10.4. The van der Waals surface area contributed by atoms with Crippen molar-refractivity contribution in [1.29, 1.82) is 0 Å². The summed E-state index contributed by atoms with van der Waals surface area (Å²) in [5.41, 5.74) is 3.00. The van der Waals surface area contributed by atoms with Gasteiger partial charge in [0.25, 0.3) is 11.6 Å². The van der Waals surface area contributed by atoms with Crippen molar-refractivity contribution in [3.05, 3.63) is 63.2 Å². The van der Waals surface area contributed by atoms with Crippen LogP contribution in [0, 0.1) is 17.0 Å². The highest BCUT2D eigenvalue weighted by Gasteiger charge is 2.18. The van der Waals surface area contributed by atoms with Crippen LogP contribution >= 0.6 is 11.8 Å². The third kappa shape index (κ3) is 3.76. The molecule has 24 heavy (non-hydrogen) atoms. The summed E-state index contributed by atoms with van der Waals surface area (Å²) in [6.07, 6.45) is 1.77. The molecule has 2 rings (SSSR count). The highest BCUT2D eigenvalue weighted by molar-refractivity contribution is 7.98. The molecule has 0 aliphatic rings. The monoisotopic (exact) mass is 344 g/mol. The van der Waals surface area contributed by atoms with Gasteiger partial charge in [0, 0.05) is 17.3 Å². The summed E-state index contributed by atoms with van der Waals surface area (Å²) in [5.74, 6) is -0.0876. The van der Waals surface area contributed by atoms with Crippen LogP contribution in [0.3, 0.4) is 0 Å². The van der Waals surface area contributed by atoms with Crippen molar-refractivity contribution in [1.82, 2.24) is 0 Å². The molecule has 6 heteroatoms. The Labute approximate surface area is 145 Å². The number of nitrogens with zero attached hydrogens (tertiary/aromatic N) is 1. The number of nitro benzene ring substituents is 1. The number of para-hydroxylation sites is 1. The van der Waals surface area contributed by atoms with E-state index in [0.29, 0.717) is 4.90 Å². The number of carbonyl (C=O) groups is 1. The molecule has 0 unspecified atom stereocenters. The van der Waals surface area contributed by atoms with E-state index in [9.17, 15) is 14.9 Å². The fraction of sp³-hybridized carbons (Fsp3) is 0.278. The Morgan fingerprint density at radius 2 is 1.96 bits per heavy atom. The van der Waals surface area contributed by atoms with E-state index in [2.05, 4.69) is 19.2 Å². The maximum atomic E-state index is 12.6. The van der Waals surface area contributed by atoms with Crippen molar-refractivity contribution < 1.29 is 9.72 Å². The number of carbonyl (C=O) groups excluding carboxylic acids is 1. The average Bonchev–Trinajstić information content (AvgIpc) is 2.55. The van der Waals surface area contributed by atoms with Crippen molar-refractivity contribution >= 4 is 29.0 Å². The lowest BCUT2D eigenvalue weighted by Crippen LogP contribution is -2.15. The summed E-state index contributed by atoms with van der Waals surface area (Å²) in [5, 5.41) is 14.1. The second-order valence-corrected chi connectivity index (χ2v) is 6.64. The van der Waals surface area contributed by atoms with E-state index in [0.717, 1.165) is 16.8 Å². The van der Waals surface area contributed by atoms with Crippen molar-refractivity contribution in [2.75, 3.05) is 11.6 Å². The average molecular weight is 344 g/mol. The molecule has 1 N–H and O–H groups in total. The van der Waals surface area contributed by atoms with Gasteiger partial charge >= 0.3 is 0 Å². The van der Waals surface area contributed by atoms with Crippen LogP contribution in [0.5, 0.6) is 0 Å². The molecule has 2 aromatic rings. The molecule has 0 spiro atoms. The van der Waals surface area contributed by atoms with E-state index < -0.39 is 4.92 Å². The van der Waals surface area contributed by atoms with Gasteiger partial charge in [0.2, 0.25) is 0 Å². The second kappa shape index (κ2) is 7.49. The molecule has 0 aromatic heterocycles. The van der Waals surface area contributed by atoms with E-state index in [-0.39, 0.29) is 23.1 Å². The number of hydrogen-bond donors (Lipinski definition) is 1. The normalized spacial score (nSPS) is 10.7. The Kier molecular flexibility index (Phi) is 5.62. The van der Waals surface area contributed by atoms with Gasteiger partial charge in [-0.2, -0.15) is 0 Å². The second-order valence-electron chi connectivity index (χ2n) is 5.79. The molecule has 2 aromatic carbocycles. The standard InChI is InChI=1S/C18H20N2O3S/c1-11(2)14-7-5-6-12(3)17(14)19-18(21)13-8-9-16(24-4)15(10-13)20(22)23/h5-11H,1-4H3,(H,19,21). The number of thioether (sulfide) groups is 1. The van der Waals surface area contributed by atoms with E-state index >= 15 is 0 Å². The van der Waals surface area contributed by atoms with Gasteiger partial charge in [0.1, 0.15) is 0 Å². The highest BCUT2D eigenvalue weighted by Crippen LogP contribution is 2.30. The van der Waals surface area contributed by atoms with Crippen molar-refractivity contribution in [3.8, 4) is 0 Å². The smallest absolute Gasteiger partial charge is 0.283 e. The summed E-state index contributed by atoms with van der Waals surface area (Å²) >= 11 is 1.28. The first-order valence-corrected chi connectivity index (χ1v) is 8.81. The Morgan fingerprint density at radius 3 is 2.54 bits per heavy atom. The van der Waals surface area contributed by atoms with Crippen LogP contribution in [0.4, 0.5) is 11.4 Å². The lowest BCUT2D eigenvalue weighted by Gasteiger charge is -2.16. The topological polar surface area (TPSA) is 72.2 Å². The SMILES string of the molecule is CSc1ccc(C(=O)Nc2c(C)cccc2C(C)C)cc1[N+](=O)[O-]. The van der Waals surface area contributed by atoms with Gasteiger partial charge in [0.05, 0.1) is 9.82 Å². The van der Waals surface area contributed by atoms with Crippen LogP contribution in [0.15, 0.2) is 41.3 Å². The Hall–Kier alpha value is -2.34. The Bertz CT molecular complexity index is 788. The summed E-state index contributed by atoms with van der Waals surface area (Å²) in [4.78, 5) is 23.8. The number of nitro groups is 1. The first kappa shape index (κ1) is 18.0. The number of rotatable bonds is 5. The molecule has 0 radical (unpaired) electrons. The van der Waals surface area contributed by atoms with E-state index in [1.54, 1.807) is 18.4 Å². The van der Waals surface area contributed by atoms with Crippen LogP contribution in [0.2, 0.25) is 0 Å². The molecule has 0 fully saturated rings. The molecule has 0 aliphatic heterocycles. The predicted octanol–water partition coefficient (Wildman–Crippen LogP) is 5.00. The number of benzene rings is 2. The van der Waals surface area contributed by atoms with Gasteiger partial charge < -0.3 is 5.32 Å². The largest absolute Gasteiger partial charge is 0.321 e. The molecule has 126 valence electrons. The molecule has 0 aliphatic carbocycles. The van der Waals surface area contributed by atoms with Crippen LogP contribution < -0.4 is 5.32 Å². The molecular weight excluding hydrogens is 324 g/mol. The minimum Gasteiger partial charge on any atom is -0.321 e. The van der Waals surface area contributed by atoms with Crippen molar-refractivity contribution in [2.24, 2.45) is 0 Å². The van der Waals surface area contributed by atoms with Gasteiger partial charge in [-0.15, -0.1) is 11.8 Å². The quantitative estimate of drug-likeness (QED) is 0.470. The molecule has 0 atom stereocenters. The number of hydrogen-bond acceptors (Lipinski definition) is 4. The Balaban J connectivity index is 2.38. The fourth-order valence-corrected chi connectivity index (χ4v) is 3.05. The van der Waals surface area contributed by atoms with Gasteiger partial charge in [-0.1, -0.05) is 32.0 Å². The summed E-state index contributed by atoms with van der Waals surface area (Å²) in [7, 11) is 0. The molecule has 5 nitrogen and oxygen atoms in total. The molecule has 0 bridgehead atoms. The Morgan fingerprint density at radius 1 is 1.25 bits per heavy atom. The molecule has 0 heterocycles. The maximum Gasteiger partial charge on any atom is 0.283 e. The van der Waals surface area contributed by atoms with Gasteiger partial charge in [-0.25, -0.2) is 0 Å². The van der Waals surface area contributed by atoms with Crippen molar-refractivity contribution in [2.45, 2.75) is 31.6 Å². The van der Waals surface area contributed by atoms with E-state index in [1.807, 2.05) is 25.1 Å². The maximum absolute atomic E-state index is 12.6. The first-order chi connectivity index (χ1) is 11.3. The number of amides is 1. The minimum atomic E-state index is -0.462. The van der Waals surface area contributed by atoms with Crippen LogP contribution in [0.25, 0.3) is 0 Å².